The molecule has 3 rings (SSSR count). The van der Waals surface area contributed by atoms with E-state index in [0.29, 0.717) is 11.1 Å². The predicted octanol–water partition coefficient (Wildman–Crippen LogP) is 3.21. The summed E-state index contributed by atoms with van der Waals surface area (Å²) in [6, 6.07) is 6.24. The minimum Gasteiger partial charge on any atom is -0.508 e. The quantitative estimate of drug-likeness (QED) is 0.350. The van der Waals surface area contributed by atoms with E-state index >= 15 is 0 Å². The molecule has 2 aromatic carbocycles. The first-order valence-corrected chi connectivity index (χ1v) is 6.39. The van der Waals surface area contributed by atoms with Gasteiger partial charge < -0.3 is 24.8 Å². The summed E-state index contributed by atoms with van der Waals surface area (Å²) < 4.78 is 5.53. The lowest BCUT2D eigenvalue weighted by Crippen LogP contribution is -2.00. The lowest BCUT2D eigenvalue weighted by Gasteiger charge is -2.08. The van der Waals surface area contributed by atoms with E-state index in [1.54, 1.807) is 13.0 Å². The van der Waals surface area contributed by atoms with E-state index < -0.39 is 5.43 Å². The fraction of sp³-hybridized carbons (Fsp3) is 0.0625. The summed E-state index contributed by atoms with van der Waals surface area (Å²) in [7, 11) is 0. The number of halogens is 1. The Hall–Kier alpha value is -2.42. The van der Waals surface area contributed by atoms with Crippen LogP contribution < -0.4 is 5.43 Å². The van der Waals surface area contributed by atoms with Gasteiger partial charge in [0.1, 0.15) is 28.2 Å². The van der Waals surface area contributed by atoms with E-state index in [-0.39, 0.29) is 63.7 Å². The highest BCUT2D eigenvalue weighted by atomic mass is 127. The molecule has 0 aliphatic rings. The van der Waals surface area contributed by atoms with Crippen molar-refractivity contribution < 1.29 is 24.8 Å². The standard InChI is InChI=1S/C16H12O6.HI/c1-7-2-8(3-12(20)16(7)21)13-6-11(19)15-10(18)4-9(17)5-14(15)22-13;/h2-6,17-18,20-21H,1H3;1H. The van der Waals surface area contributed by atoms with Crippen molar-refractivity contribution in [3.63, 3.8) is 0 Å². The number of aryl methyl sites for hydroxylation is 1. The molecule has 0 saturated carbocycles. The Morgan fingerprint density at radius 2 is 1.61 bits per heavy atom. The Labute approximate surface area is 147 Å². The third-order valence-corrected chi connectivity index (χ3v) is 3.36. The molecule has 0 fully saturated rings. The largest absolute Gasteiger partial charge is 0.508 e. The molecule has 7 heteroatoms. The third-order valence-electron chi connectivity index (χ3n) is 3.36. The highest BCUT2D eigenvalue weighted by Crippen LogP contribution is 2.35. The van der Waals surface area contributed by atoms with Gasteiger partial charge in [0, 0.05) is 23.8 Å². The molecule has 0 unspecified atom stereocenters. The van der Waals surface area contributed by atoms with Crippen LogP contribution in [0.4, 0.5) is 0 Å². The number of hydrogen-bond acceptors (Lipinski definition) is 6. The maximum atomic E-state index is 12.1. The average molecular weight is 428 g/mol. The zero-order valence-corrected chi connectivity index (χ0v) is 14.2. The van der Waals surface area contributed by atoms with Crippen LogP contribution in [0.2, 0.25) is 0 Å². The summed E-state index contributed by atoms with van der Waals surface area (Å²) >= 11 is 0. The van der Waals surface area contributed by atoms with Crippen LogP contribution in [-0.2, 0) is 0 Å². The summed E-state index contributed by atoms with van der Waals surface area (Å²) in [6.45, 7) is 1.59. The van der Waals surface area contributed by atoms with Gasteiger partial charge in [-0.3, -0.25) is 4.79 Å². The normalized spacial score (nSPS) is 10.5. The number of aromatic hydroxyl groups is 4. The van der Waals surface area contributed by atoms with Gasteiger partial charge in [0.15, 0.2) is 16.9 Å². The first-order valence-electron chi connectivity index (χ1n) is 6.39. The van der Waals surface area contributed by atoms with Gasteiger partial charge in [-0.2, -0.15) is 0 Å². The molecule has 6 nitrogen and oxygen atoms in total. The number of fused-ring (bicyclic) bond motifs is 1. The lowest BCUT2D eigenvalue weighted by atomic mass is 10.1. The fourth-order valence-electron chi connectivity index (χ4n) is 2.30. The zero-order valence-electron chi connectivity index (χ0n) is 11.9. The van der Waals surface area contributed by atoms with Crippen LogP contribution in [0.1, 0.15) is 5.56 Å². The van der Waals surface area contributed by atoms with Gasteiger partial charge in [0.2, 0.25) is 0 Å². The topological polar surface area (TPSA) is 111 Å². The van der Waals surface area contributed by atoms with Crippen LogP contribution in [0, 0.1) is 6.92 Å². The zero-order chi connectivity index (χ0) is 16.0. The van der Waals surface area contributed by atoms with E-state index in [9.17, 15) is 25.2 Å². The van der Waals surface area contributed by atoms with Crippen molar-refractivity contribution in [1.82, 2.24) is 0 Å². The number of rotatable bonds is 1. The SMILES string of the molecule is Cc1cc(-c2cc(=O)c3c(O)cc(O)cc3o2)cc(O)c1O.I. The maximum Gasteiger partial charge on any atom is 0.197 e. The molecule has 0 radical (unpaired) electrons. The molecule has 0 atom stereocenters. The molecule has 1 heterocycles. The second-order valence-corrected chi connectivity index (χ2v) is 4.97. The molecule has 1 aromatic heterocycles. The van der Waals surface area contributed by atoms with Crippen molar-refractivity contribution >= 4 is 34.9 Å². The maximum absolute atomic E-state index is 12.1. The van der Waals surface area contributed by atoms with Crippen LogP contribution in [0.5, 0.6) is 23.0 Å². The second-order valence-electron chi connectivity index (χ2n) is 4.97. The van der Waals surface area contributed by atoms with E-state index in [2.05, 4.69) is 0 Å². The highest BCUT2D eigenvalue weighted by Gasteiger charge is 2.14. The molecule has 0 saturated heterocycles. The second kappa shape index (κ2) is 5.99. The fourth-order valence-corrected chi connectivity index (χ4v) is 2.30. The Balaban J connectivity index is 0.00000192. The van der Waals surface area contributed by atoms with Crippen molar-refractivity contribution in [2.24, 2.45) is 0 Å². The van der Waals surface area contributed by atoms with Crippen molar-refractivity contribution in [3.8, 4) is 34.3 Å². The average Bonchev–Trinajstić information content (AvgIpc) is 2.42. The van der Waals surface area contributed by atoms with Crippen molar-refractivity contribution in [2.75, 3.05) is 0 Å². The number of phenols is 4. The first-order chi connectivity index (χ1) is 10.4. The van der Waals surface area contributed by atoms with Gasteiger partial charge in [-0.15, -0.1) is 24.0 Å². The minimum absolute atomic E-state index is 0. The number of benzene rings is 2. The predicted molar refractivity (Wildman–Crippen MR) is 94.7 cm³/mol. The van der Waals surface area contributed by atoms with E-state index in [1.807, 2.05) is 0 Å². The van der Waals surface area contributed by atoms with Crippen molar-refractivity contribution in [2.45, 2.75) is 6.92 Å². The molecule has 4 N–H and O–H groups in total. The third kappa shape index (κ3) is 2.91. The summed E-state index contributed by atoms with van der Waals surface area (Å²) in [5.74, 6) is -1.06. The van der Waals surface area contributed by atoms with Crippen molar-refractivity contribution in [3.05, 3.63) is 46.1 Å². The molecular formula is C16H13IO6. The highest BCUT2D eigenvalue weighted by molar-refractivity contribution is 14.0. The molecule has 0 bridgehead atoms. The molecular weight excluding hydrogens is 415 g/mol. The summed E-state index contributed by atoms with van der Waals surface area (Å²) in [6.07, 6.45) is 0. The van der Waals surface area contributed by atoms with Gasteiger partial charge in [-0.25, -0.2) is 0 Å². The monoisotopic (exact) mass is 428 g/mol. The van der Waals surface area contributed by atoms with E-state index in [4.69, 9.17) is 4.42 Å². The molecule has 0 aliphatic carbocycles. The van der Waals surface area contributed by atoms with Crippen LogP contribution in [0.15, 0.2) is 39.5 Å². The number of hydrogen-bond donors (Lipinski definition) is 4. The smallest absolute Gasteiger partial charge is 0.197 e. The number of phenolic OH excluding ortho intramolecular Hbond substituents is 4. The Morgan fingerprint density at radius 3 is 2.26 bits per heavy atom. The van der Waals surface area contributed by atoms with Crippen LogP contribution >= 0.6 is 24.0 Å². The van der Waals surface area contributed by atoms with Crippen LogP contribution in [-0.4, -0.2) is 20.4 Å². The Morgan fingerprint density at radius 1 is 0.913 bits per heavy atom. The molecule has 23 heavy (non-hydrogen) atoms. The van der Waals surface area contributed by atoms with Crippen LogP contribution in [0.25, 0.3) is 22.3 Å². The van der Waals surface area contributed by atoms with E-state index in [1.165, 1.54) is 18.2 Å². The molecule has 120 valence electrons. The van der Waals surface area contributed by atoms with Gasteiger partial charge in [0.25, 0.3) is 0 Å². The van der Waals surface area contributed by atoms with Gasteiger partial charge in [-0.1, -0.05) is 0 Å². The molecule has 3 aromatic rings. The lowest BCUT2D eigenvalue weighted by molar-refractivity contribution is 0.401. The Kier molecular flexibility index (Phi) is 4.42. The van der Waals surface area contributed by atoms with Crippen molar-refractivity contribution in [1.29, 1.82) is 0 Å². The first kappa shape index (κ1) is 16.9. The Bertz CT molecular complexity index is 938. The molecule has 0 spiro atoms. The molecule has 0 aliphatic heterocycles. The summed E-state index contributed by atoms with van der Waals surface area (Å²) in [4.78, 5) is 12.1. The van der Waals surface area contributed by atoms with Gasteiger partial charge >= 0.3 is 0 Å². The van der Waals surface area contributed by atoms with Crippen LogP contribution in [0.3, 0.4) is 0 Å². The summed E-state index contributed by atoms with van der Waals surface area (Å²) in [5, 5.41) is 38.4. The minimum atomic E-state index is -0.487. The van der Waals surface area contributed by atoms with E-state index in [0.717, 1.165) is 6.07 Å². The molecule has 0 amide bonds. The van der Waals surface area contributed by atoms with Gasteiger partial charge in [0.05, 0.1) is 0 Å². The van der Waals surface area contributed by atoms with Gasteiger partial charge in [-0.05, 0) is 24.6 Å². The summed E-state index contributed by atoms with van der Waals surface area (Å²) in [5.41, 5.74) is 0.329.